The zero-order valence-corrected chi connectivity index (χ0v) is 26.1. The second-order valence-electron chi connectivity index (χ2n) is 10.9. The van der Waals surface area contributed by atoms with Gasteiger partial charge in [0.05, 0.1) is 64.6 Å². The lowest BCUT2D eigenvalue weighted by atomic mass is 10.1. The van der Waals surface area contributed by atoms with Crippen LogP contribution in [0.2, 0.25) is 0 Å². The molecule has 2 N–H and O–H groups in total. The number of benzene rings is 3. The van der Waals surface area contributed by atoms with E-state index < -0.39 is 45.4 Å². The lowest BCUT2D eigenvalue weighted by molar-refractivity contribution is -0.128. The standard InChI is InChI=1S/C32H30N8O5S/c1-20(35-2)31(42)36-25-18-38(30(41)19-46(3,44)45)29-14-21(15-33)12-13-28(29)39(32(25)43)17-24-23-9-5-7-11-27(23)40(37-24)26-10-6-4-8-22(26)16-34/h4-14,20,25,35H,17-19H2,1-3H3,(H,36,42)/t20?,25-/m0/s1. The number of rotatable bonds is 8. The van der Waals surface area contributed by atoms with Gasteiger partial charge < -0.3 is 20.4 Å². The van der Waals surface area contributed by atoms with E-state index >= 15 is 0 Å². The van der Waals surface area contributed by atoms with Crippen molar-refractivity contribution in [3.63, 3.8) is 0 Å². The maximum atomic E-state index is 14.4. The van der Waals surface area contributed by atoms with Gasteiger partial charge in [-0.05, 0) is 50.4 Å². The van der Waals surface area contributed by atoms with Crippen molar-refractivity contribution in [2.45, 2.75) is 25.6 Å². The second kappa shape index (κ2) is 12.8. The van der Waals surface area contributed by atoms with Crippen LogP contribution in [0.4, 0.5) is 11.4 Å². The third-order valence-electron chi connectivity index (χ3n) is 7.67. The van der Waals surface area contributed by atoms with Crippen LogP contribution < -0.4 is 20.4 Å². The highest BCUT2D eigenvalue weighted by Gasteiger charge is 2.38. The van der Waals surface area contributed by atoms with Crippen molar-refractivity contribution in [2.24, 2.45) is 0 Å². The van der Waals surface area contributed by atoms with E-state index in [4.69, 9.17) is 5.10 Å². The SMILES string of the molecule is CNC(C)C(=O)N[C@H]1CN(C(=O)CS(C)(=O)=O)c2cc(C#N)ccc2N(Cc2nn(-c3ccccc3C#N)c3ccccc23)C1=O. The predicted octanol–water partition coefficient (Wildman–Crippen LogP) is 1.79. The van der Waals surface area contributed by atoms with E-state index in [1.165, 1.54) is 23.1 Å². The highest BCUT2D eigenvalue weighted by molar-refractivity contribution is 7.91. The Bertz CT molecular complexity index is 2060. The molecular weight excluding hydrogens is 608 g/mol. The number of hydrogen-bond donors (Lipinski definition) is 2. The fourth-order valence-corrected chi connectivity index (χ4v) is 5.88. The number of nitrogens with zero attached hydrogens (tertiary/aromatic N) is 6. The average molecular weight is 639 g/mol. The first-order valence-corrected chi connectivity index (χ1v) is 16.3. The first kappa shape index (κ1) is 31.8. The van der Waals surface area contributed by atoms with Crippen LogP contribution in [0.25, 0.3) is 16.6 Å². The van der Waals surface area contributed by atoms with Crippen molar-refractivity contribution in [1.82, 2.24) is 20.4 Å². The Kier molecular flexibility index (Phi) is 8.87. The molecule has 0 saturated carbocycles. The van der Waals surface area contributed by atoms with E-state index in [1.807, 2.05) is 30.3 Å². The molecule has 1 aliphatic rings. The minimum atomic E-state index is -3.78. The summed E-state index contributed by atoms with van der Waals surface area (Å²) in [6.07, 6.45) is 0.923. The summed E-state index contributed by atoms with van der Waals surface area (Å²) >= 11 is 0. The summed E-state index contributed by atoms with van der Waals surface area (Å²) in [5.41, 5.74) is 2.61. The molecule has 1 aliphatic heterocycles. The van der Waals surface area contributed by atoms with E-state index in [1.54, 1.807) is 42.9 Å². The van der Waals surface area contributed by atoms with Crippen molar-refractivity contribution in [3.8, 4) is 17.8 Å². The molecule has 0 bridgehead atoms. The molecule has 234 valence electrons. The number of aromatic nitrogens is 2. The Balaban J connectivity index is 1.69. The van der Waals surface area contributed by atoms with Crippen LogP contribution in [0.5, 0.6) is 0 Å². The average Bonchev–Trinajstić information content (AvgIpc) is 3.36. The fourth-order valence-electron chi connectivity index (χ4n) is 5.27. The van der Waals surface area contributed by atoms with Crippen LogP contribution in [0.1, 0.15) is 23.7 Å². The third-order valence-corrected chi connectivity index (χ3v) is 8.44. The number of sulfone groups is 1. The monoisotopic (exact) mass is 638 g/mol. The number of hydrogen-bond acceptors (Lipinski definition) is 9. The van der Waals surface area contributed by atoms with Gasteiger partial charge in [-0.15, -0.1) is 0 Å². The van der Waals surface area contributed by atoms with Crippen LogP contribution in [0, 0.1) is 22.7 Å². The molecule has 0 saturated heterocycles. The lowest BCUT2D eigenvalue weighted by Crippen LogP contribution is -2.56. The van der Waals surface area contributed by atoms with Crippen molar-refractivity contribution < 1.29 is 22.8 Å². The van der Waals surface area contributed by atoms with Gasteiger partial charge in [-0.1, -0.05) is 30.3 Å². The number of nitrogens with one attached hydrogen (secondary N) is 2. The van der Waals surface area contributed by atoms with Crippen LogP contribution >= 0.6 is 0 Å². The Hall–Kier alpha value is -5.57. The van der Waals surface area contributed by atoms with E-state index in [0.717, 1.165) is 11.2 Å². The third kappa shape index (κ3) is 6.30. The zero-order chi connectivity index (χ0) is 33.2. The summed E-state index contributed by atoms with van der Waals surface area (Å²) in [5.74, 6) is -2.76. The molecule has 4 aromatic rings. The molecule has 0 aliphatic carbocycles. The molecule has 3 aromatic carbocycles. The molecule has 5 rings (SSSR count). The summed E-state index contributed by atoms with van der Waals surface area (Å²) in [5, 5.41) is 30.5. The van der Waals surface area contributed by atoms with Gasteiger partial charge >= 0.3 is 0 Å². The number of fused-ring (bicyclic) bond motifs is 2. The predicted molar refractivity (Wildman–Crippen MR) is 171 cm³/mol. The summed E-state index contributed by atoms with van der Waals surface area (Å²) in [7, 11) is -2.20. The van der Waals surface area contributed by atoms with Crippen LogP contribution in [0.3, 0.4) is 0 Å². The summed E-state index contributed by atoms with van der Waals surface area (Å²) in [4.78, 5) is 43.4. The largest absolute Gasteiger partial charge is 0.341 e. The molecule has 1 aromatic heterocycles. The topological polar surface area (TPSA) is 181 Å². The summed E-state index contributed by atoms with van der Waals surface area (Å²) in [6, 6.07) is 20.9. The molecule has 0 fully saturated rings. The number of carbonyl (C=O) groups is 3. The molecule has 13 nitrogen and oxygen atoms in total. The van der Waals surface area contributed by atoms with Gasteiger partial charge in [0.25, 0.3) is 5.91 Å². The molecule has 2 heterocycles. The minimum absolute atomic E-state index is 0.123. The summed E-state index contributed by atoms with van der Waals surface area (Å²) < 4.78 is 26.0. The van der Waals surface area contributed by atoms with E-state index in [0.29, 0.717) is 27.8 Å². The molecule has 14 heteroatoms. The number of carbonyl (C=O) groups excluding carboxylic acids is 3. The highest BCUT2D eigenvalue weighted by atomic mass is 32.2. The van der Waals surface area contributed by atoms with Crippen LogP contribution in [-0.2, 0) is 30.8 Å². The van der Waals surface area contributed by atoms with Gasteiger partial charge in [0.15, 0.2) is 9.84 Å². The van der Waals surface area contributed by atoms with Crippen molar-refractivity contribution >= 4 is 49.8 Å². The van der Waals surface area contributed by atoms with Gasteiger partial charge in [0, 0.05) is 11.6 Å². The van der Waals surface area contributed by atoms with Gasteiger partial charge in [-0.2, -0.15) is 15.6 Å². The van der Waals surface area contributed by atoms with E-state index in [-0.39, 0.29) is 30.0 Å². The maximum Gasteiger partial charge on any atom is 0.251 e. The molecule has 0 radical (unpaired) electrons. The Morgan fingerprint density at radius 1 is 1.02 bits per heavy atom. The van der Waals surface area contributed by atoms with E-state index in [9.17, 15) is 33.3 Å². The maximum absolute atomic E-state index is 14.4. The Morgan fingerprint density at radius 2 is 1.74 bits per heavy atom. The smallest absolute Gasteiger partial charge is 0.251 e. The van der Waals surface area contributed by atoms with Gasteiger partial charge in [-0.3, -0.25) is 14.4 Å². The molecule has 0 spiro atoms. The Morgan fingerprint density at radius 3 is 2.43 bits per heavy atom. The van der Waals surface area contributed by atoms with Crippen LogP contribution in [0.15, 0.2) is 66.7 Å². The highest BCUT2D eigenvalue weighted by Crippen LogP contribution is 2.36. The first-order chi connectivity index (χ1) is 21.9. The fraction of sp³-hybridized carbons (Fsp3) is 0.250. The molecular formula is C32H30N8O5S. The first-order valence-electron chi connectivity index (χ1n) is 14.2. The molecule has 2 atom stereocenters. The number of likely N-dealkylation sites (N-methyl/N-ethyl adjacent to an activating group) is 1. The number of anilines is 2. The van der Waals surface area contributed by atoms with Gasteiger partial charge in [-0.25, -0.2) is 13.1 Å². The molecule has 3 amide bonds. The summed E-state index contributed by atoms with van der Waals surface area (Å²) in [6.45, 7) is 1.10. The van der Waals surface area contributed by atoms with E-state index in [2.05, 4.69) is 16.7 Å². The normalized spacial score (nSPS) is 15.4. The van der Waals surface area contributed by atoms with Crippen molar-refractivity contribution in [3.05, 3.63) is 83.6 Å². The van der Waals surface area contributed by atoms with Crippen molar-refractivity contribution in [2.75, 3.05) is 35.4 Å². The number of amides is 3. The van der Waals surface area contributed by atoms with Crippen LogP contribution in [-0.4, -0.2) is 73.6 Å². The Labute approximate surface area is 265 Å². The number of nitriles is 2. The number of para-hydroxylation sites is 2. The minimum Gasteiger partial charge on any atom is -0.341 e. The molecule has 1 unspecified atom stereocenters. The van der Waals surface area contributed by atoms with Gasteiger partial charge in [0.1, 0.15) is 17.9 Å². The molecule has 46 heavy (non-hydrogen) atoms. The lowest BCUT2D eigenvalue weighted by Gasteiger charge is -2.26. The van der Waals surface area contributed by atoms with Gasteiger partial charge in [0.2, 0.25) is 11.8 Å². The zero-order valence-electron chi connectivity index (χ0n) is 25.3. The second-order valence-corrected chi connectivity index (χ2v) is 13.0. The van der Waals surface area contributed by atoms with Crippen molar-refractivity contribution in [1.29, 1.82) is 10.5 Å². The quantitative estimate of drug-likeness (QED) is 0.291.